The van der Waals surface area contributed by atoms with E-state index in [2.05, 4.69) is 14.7 Å². The first-order valence-corrected chi connectivity index (χ1v) is 11.2. The average molecular weight is 424 g/mol. The van der Waals surface area contributed by atoms with Gasteiger partial charge in [0.2, 0.25) is 11.8 Å². The van der Waals surface area contributed by atoms with Crippen LogP contribution in [0.2, 0.25) is 0 Å². The van der Waals surface area contributed by atoms with Crippen molar-refractivity contribution in [3.05, 3.63) is 54.0 Å². The number of sulfonamides is 1. The summed E-state index contributed by atoms with van der Waals surface area (Å²) in [5.74, 6) is -0.0586. The fourth-order valence-corrected chi connectivity index (χ4v) is 5.89. The van der Waals surface area contributed by atoms with Crippen LogP contribution in [0.25, 0.3) is 0 Å². The van der Waals surface area contributed by atoms with Crippen molar-refractivity contribution < 1.29 is 18.0 Å². The fourth-order valence-electron chi connectivity index (χ4n) is 4.90. The first-order chi connectivity index (χ1) is 14.2. The Labute approximate surface area is 174 Å². The minimum Gasteiger partial charge on any atom is -0.274 e. The molecule has 30 heavy (non-hydrogen) atoms. The number of hydrogen-bond acceptors (Lipinski definition) is 6. The van der Waals surface area contributed by atoms with Crippen LogP contribution in [0.1, 0.15) is 17.9 Å². The maximum Gasteiger partial charge on any atom is 0.263 e. The second kappa shape index (κ2) is 6.46. The summed E-state index contributed by atoms with van der Waals surface area (Å²) < 4.78 is 27.9. The quantitative estimate of drug-likeness (QED) is 0.595. The van der Waals surface area contributed by atoms with Crippen LogP contribution in [-0.4, -0.2) is 30.2 Å². The predicted molar refractivity (Wildman–Crippen MR) is 109 cm³/mol. The van der Waals surface area contributed by atoms with Crippen LogP contribution in [0.5, 0.6) is 0 Å². The Morgan fingerprint density at radius 1 is 0.967 bits per heavy atom. The maximum absolute atomic E-state index is 12.9. The largest absolute Gasteiger partial charge is 0.274 e. The Bertz CT molecular complexity index is 1160. The van der Waals surface area contributed by atoms with Gasteiger partial charge in [-0.1, -0.05) is 12.2 Å². The number of anilines is 2. The summed E-state index contributed by atoms with van der Waals surface area (Å²) in [5.41, 5.74) is 1.04. The average Bonchev–Trinajstić information content (AvgIpc) is 3.34. The van der Waals surface area contributed by atoms with Crippen LogP contribution < -0.4 is 9.62 Å². The van der Waals surface area contributed by atoms with Gasteiger partial charge in [-0.15, -0.1) is 0 Å². The van der Waals surface area contributed by atoms with E-state index in [0.29, 0.717) is 17.2 Å². The summed E-state index contributed by atoms with van der Waals surface area (Å²) in [4.78, 5) is 35.2. The second-order valence-electron chi connectivity index (χ2n) is 8.05. The number of hydrogen-bond donors (Lipinski definition) is 1. The predicted octanol–water partition coefficient (Wildman–Crippen LogP) is 2.21. The molecule has 8 nitrogen and oxygen atoms in total. The number of carbonyl (C=O) groups excluding carboxylic acids is 2. The molecule has 1 saturated heterocycles. The van der Waals surface area contributed by atoms with Gasteiger partial charge in [-0.2, -0.15) is 0 Å². The van der Waals surface area contributed by atoms with Crippen molar-refractivity contribution in [1.82, 2.24) is 9.97 Å². The Hall–Kier alpha value is -3.07. The van der Waals surface area contributed by atoms with Gasteiger partial charge in [0.1, 0.15) is 11.6 Å². The van der Waals surface area contributed by atoms with Crippen LogP contribution in [-0.2, 0) is 19.6 Å². The van der Waals surface area contributed by atoms with Crippen LogP contribution in [0.15, 0.2) is 47.4 Å². The zero-order valence-electron chi connectivity index (χ0n) is 16.4. The lowest BCUT2D eigenvalue weighted by molar-refractivity contribution is -0.123. The summed E-state index contributed by atoms with van der Waals surface area (Å²) in [7, 11) is -3.88. The van der Waals surface area contributed by atoms with Gasteiger partial charge in [0.05, 0.1) is 22.4 Å². The van der Waals surface area contributed by atoms with Gasteiger partial charge in [0.25, 0.3) is 10.0 Å². The van der Waals surface area contributed by atoms with E-state index in [1.54, 1.807) is 19.9 Å². The number of carbonyl (C=O) groups is 2. The molecule has 4 atom stereocenters. The molecular formula is C21H20N4O4S. The summed E-state index contributed by atoms with van der Waals surface area (Å²) in [6.07, 6.45) is 4.95. The van der Waals surface area contributed by atoms with E-state index < -0.39 is 10.0 Å². The number of benzene rings is 1. The second-order valence-corrected chi connectivity index (χ2v) is 9.74. The third kappa shape index (κ3) is 2.84. The lowest BCUT2D eigenvalue weighted by Gasteiger charge is -2.17. The van der Waals surface area contributed by atoms with E-state index in [4.69, 9.17) is 0 Å². The van der Waals surface area contributed by atoms with Gasteiger partial charge in [-0.05, 0) is 56.4 Å². The van der Waals surface area contributed by atoms with E-state index in [-0.39, 0.29) is 46.2 Å². The van der Waals surface area contributed by atoms with Gasteiger partial charge < -0.3 is 0 Å². The molecule has 1 N–H and O–H groups in total. The summed E-state index contributed by atoms with van der Waals surface area (Å²) in [5, 5.41) is 0. The van der Waals surface area contributed by atoms with Crippen LogP contribution in [0.3, 0.4) is 0 Å². The molecule has 2 heterocycles. The van der Waals surface area contributed by atoms with Crippen molar-refractivity contribution in [3.63, 3.8) is 0 Å². The lowest BCUT2D eigenvalue weighted by Crippen LogP contribution is -2.32. The normalized spacial score (nSPS) is 27.1. The third-order valence-electron chi connectivity index (χ3n) is 6.08. The Kier molecular flexibility index (Phi) is 4.08. The molecule has 1 aromatic carbocycles. The van der Waals surface area contributed by atoms with Crippen molar-refractivity contribution in [2.45, 2.75) is 25.2 Å². The number of imide groups is 1. The highest BCUT2D eigenvalue weighted by atomic mass is 32.2. The Balaban J connectivity index is 1.39. The summed E-state index contributed by atoms with van der Waals surface area (Å²) in [6.45, 7) is 3.43. The SMILES string of the molecule is Cc1cc(NS(=O)(=O)c2ccc(N3C(=O)[C@@H]4[C@@H](C3=O)[C@H]3C=C[C@@H]4C3)cc2)nc(C)n1. The molecule has 9 heteroatoms. The van der Waals surface area contributed by atoms with Crippen molar-refractivity contribution in [2.24, 2.45) is 23.7 Å². The molecule has 1 saturated carbocycles. The first-order valence-electron chi connectivity index (χ1n) is 9.76. The van der Waals surface area contributed by atoms with E-state index in [1.807, 2.05) is 12.2 Å². The number of nitrogens with one attached hydrogen (secondary N) is 1. The molecule has 0 unspecified atom stereocenters. The smallest absolute Gasteiger partial charge is 0.263 e. The van der Waals surface area contributed by atoms with Crippen molar-refractivity contribution in [2.75, 3.05) is 9.62 Å². The van der Waals surface area contributed by atoms with Gasteiger partial charge in [-0.25, -0.2) is 18.4 Å². The molecule has 0 spiro atoms. The first kappa shape index (κ1) is 18.9. The van der Waals surface area contributed by atoms with E-state index >= 15 is 0 Å². The highest BCUT2D eigenvalue weighted by Crippen LogP contribution is 2.53. The van der Waals surface area contributed by atoms with E-state index in [1.165, 1.54) is 29.2 Å². The van der Waals surface area contributed by atoms with Crippen molar-refractivity contribution in [3.8, 4) is 0 Å². The van der Waals surface area contributed by atoms with Crippen LogP contribution in [0.4, 0.5) is 11.5 Å². The maximum atomic E-state index is 12.9. The molecular weight excluding hydrogens is 404 g/mol. The highest BCUT2D eigenvalue weighted by molar-refractivity contribution is 7.92. The number of amides is 2. The number of nitrogens with zero attached hydrogens (tertiary/aromatic N) is 3. The lowest BCUT2D eigenvalue weighted by atomic mass is 9.85. The van der Waals surface area contributed by atoms with E-state index in [0.717, 1.165) is 6.42 Å². The molecule has 2 bridgehead atoms. The zero-order valence-corrected chi connectivity index (χ0v) is 17.3. The number of rotatable bonds is 4. The topological polar surface area (TPSA) is 109 Å². The number of fused-ring (bicyclic) bond motifs is 5. The zero-order chi connectivity index (χ0) is 21.2. The molecule has 154 valence electrons. The van der Waals surface area contributed by atoms with Gasteiger partial charge in [-0.3, -0.25) is 19.2 Å². The molecule has 1 aliphatic heterocycles. The Morgan fingerprint density at radius 2 is 1.57 bits per heavy atom. The van der Waals surface area contributed by atoms with E-state index in [9.17, 15) is 18.0 Å². The molecule has 1 aromatic heterocycles. The third-order valence-corrected chi connectivity index (χ3v) is 7.45. The molecule has 2 amide bonds. The molecule has 2 aliphatic carbocycles. The number of aryl methyl sites for hydroxylation is 2. The monoisotopic (exact) mass is 424 g/mol. The number of allylic oxidation sites excluding steroid dienone is 2. The van der Waals surface area contributed by atoms with Crippen LogP contribution in [0, 0.1) is 37.5 Å². The van der Waals surface area contributed by atoms with Gasteiger partial charge in [0, 0.05) is 11.8 Å². The van der Waals surface area contributed by atoms with Gasteiger partial charge >= 0.3 is 0 Å². The number of aromatic nitrogens is 2. The Morgan fingerprint density at radius 3 is 2.13 bits per heavy atom. The van der Waals surface area contributed by atoms with Gasteiger partial charge in [0.15, 0.2) is 0 Å². The minimum atomic E-state index is -3.88. The molecule has 2 aromatic rings. The highest BCUT2D eigenvalue weighted by Gasteiger charge is 2.59. The summed E-state index contributed by atoms with van der Waals surface area (Å²) in [6, 6.07) is 7.32. The fraction of sp³-hybridized carbons (Fsp3) is 0.333. The minimum absolute atomic E-state index is 0.0150. The summed E-state index contributed by atoms with van der Waals surface area (Å²) >= 11 is 0. The van der Waals surface area contributed by atoms with Crippen LogP contribution >= 0.6 is 0 Å². The molecule has 5 rings (SSSR count). The molecule has 2 fully saturated rings. The van der Waals surface area contributed by atoms with Crippen molar-refractivity contribution in [1.29, 1.82) is 0 Å². The standard InChI is InChI=1S/C21H20N4O4S/c1-11-9-17(23-12(2)22-11)24-30(28,29)16-7-5-15(6-8-16)25-20(26)18-13-3-4-14(10-13)19(18)21(25)27/h3-9,13-14,18-19H,10H2,1-2H3,(H,22,23,24)/t13-,14+,18-,19-/m0/s1. The molecule has 0 radical (unpaired) electrons. The van der Waals surface area contributed by atoms with Crippen molar-refractivity contribution >= 4 is 33.3 Å². The molecule has 3 aliphatic rings.